The summed E-state index contributed by atoms with van der Waals surface area (Å²) in [6, 6.07) is 0. The molecule has 0 radical (unpaired) electrons. The van der Waals surface area contributed by atoms with Crippen molar-refractivity contribution in [3.63, 3.8) is 0 Å². The minimum absolute atomic E-state index is 0.0761. The van der Waals surface area contributed by atoms with Crippen molar-refractivity contribution in [2.45, 2.75) is 44.4 Å². The van der Waals surface area contributed by atoms with Crippen LogP contribution < -0.4 is 0 Å². The Morgan fingerprint density at radius 3 is 2.94 bits per heavy atom. The van der Waals surface area contributed by atoms with Gasteiger partial charge < -0.3 is 9.47 Å². The van der Waals surface area contributed by atoms with E-state index in [1.54, 1.807) is 0 Å². The zero-order valence-electron chi connectivity index (χ0n) is 10.4. The highest BCUT2D eigenvalue weighted by atomic mass is 19.1. The Hall–Kier alpha value is -0.570. The molecule has 0 N–H and O–H groups in total. The van der Waals surface area contributed by atoms with Gasteiger partial charge >= 0.3 is 0 Å². The molecule has 3 heteroatoms. The molecule has 4 bridgehead atoms. The van der Waals surface area contributed by atoms with Crippen molar-refractivity contribution in [3.8, 4) is 0 Å². The molecule has 4 rings (SSSR count). The summed E-state index contributed by atoms with van der Waals surface area (Å²) in [6.45, 7) is 5.78. The first-order chi connectivity index (χ1) is 8.15. The summed E-state index contributed by atoms with van der Waals surface area (Å²) in [6.07, 6.45) is 5.03. The second kappa shape index (κ2) is 3.98. The first-order valence-electron chi connectivity index (χ1n) is 6.65. The van der Waals surface area contributed by atoms with Crippen molar-refractivity contribution >= 4 is 0 Å². The van der Waals surface area contributed by atoms with Crippen LogP contribution in [0, 0.1) is 23.7 Å². The van der Waals surface area contributed by atoms with Crippen LogP contribution in [0.5, 0.6) is 0 Å². The zero-order valence-corrected chi connectivity index (χ0v) is 10.4. The van der Waals surface area contributed by atoms with E-state index in [0.29, 0.717) is 11.8 Å². The van der Waals surface area contributed by atoms with Crippen molar-refractivity contribution < 1.29 is 13.9 Å². The highest BCUT2D eigenvalue weighted by Crippen LogP contribution is 2.60. The fourth-order valence-electron chi connectivity index (χ4n) is 4.51. The fraction of sp³-hybridized carbons (Fsp3) is 0.857. The molecule has 4 aliphatic carbocycles. The Morgan fingerprint density at radius 1 is 1.35 bits per heavy atom. The number of alkyl halides is 1. The maximum atomic E-state index is 14.4. The smallest absolute Gasteiger partial charge is 0.188 e. The normalized spacial score (nSPS) is 51.5. The van der Waals surface area contributed by atoms with E-state index >= 15 is 0 Å². The van der Waals surface area contributed by atoms with Crippen LogP contribution in [0.25, 0.3) is 0 Å². The molecule has 0 aliphatic heterocycles. The average molecular weight is 240 g/mol. The maximum Gasteiger partial charge on any atom is 0.188 e. The summed E-state index contributed by atoms with van der Waals surface area (Å²) >= 11 is 0. The topological polar surface area (TPSA) is 18.5 Å². The predicted molar refractivity (Wildman–Crippen MR) is 63.0 cm³/mol. The summed E-state index contributed by atoms with van der Waals surface area (Å²) < 4.78 is 25.3. The predicted octanol–water partition coefficient (Wildman–Crippen LogP) is 3.28. The van der Waals surface area contributed by atoms with E-state index in [0.717, 1.165) is 25.2 Å². The number of hydrogen-bond acceptors (Lipinski definition) is 2. The summed E-state index contributed by atoms with van der Waals surface area (Å²) in [5.74, 6) is 1.64. The molecule has 0 amide bonds. The van der Waals surface area contributed by atoms with Gasteiger partial charge in [0.1, 0.15) is 6.17 Å². The second-order valence-electron chi connectivity index (χ2n) is 6.10. The average Bonchev–Trinajstić information content (AvgIpc) is 2.32. The van der Waals surface area contributed by atoms with Gasteiger partial charge in [0.15, 0.2) is 6.79 Å². The van der Waals surface area contributed by atoms with Crippen molar-refractivity contribution in [1.82, 2.24) is 0 Å². The molecule has 0 heterocycles. The number of rotatable bonds is 4. The largest absolute Gasteiger partial charge is 0.476 e. The molecule has 2 nitrogen and oxygen atoms in total. The van der Waals surface area contributed by atoms with Crippen LogP contribution in [0.1, 0.15) is 32.6 Å². The van der Waals surface area contributed by atoms with E-state index in [4.69, 9.17) is 9.47 Å². The van der Waals surface area contributed by atoms with E-state index in [1.807, 2.05) is 0 Å². The lowest BCUT2D eigenvalue weighted by molar-refractivity contribution is -0.244. The maximum absolute atomic E-state index is 14.4. The molecule has 4 fully saturated rings. The van der Waals surface area contributed by atoms with Crippen molar-refractivity contribution in [1.29, 1.82) is 0 Å². The monoisotopic (exact) mass is 240 g/mol. The third-order valence-corrected chi connectivity index (χ3v) is 5.37. The van der Waals surface area contributed by atoms with Crippen molar-refractivity contribution in [2.75, 3.05) is 6.79 Å². The SMILES string of the molecule is C=COCOC1(C)C2CC3CC(C2)C(F)C1C3. The Bertz CT molecular complexity index is 319. The highest BCUT2D eigenvalue weighted by Gasteiger charge is 2.60. The third-order valence-electron chi connectivity index (χ3n) is 5.37. The van der Waals surface area contributed by atoms with E-state index < -0.39 is 6.17 Å². The molecule has 96 valence electrons. The van der Waals surface area contributed by atoms with Crippen molar-refractivity contribution in [2.24, 2.45) is 23.7 Å². The quantitative estimate of drug-likeness (QED) is 0.426. The van der Waals surface area contributed by atoms with E-state index in [-0.39, 0.29) is 18.3 Å². The number of halogens is 1. The van der Waals surface area contributed by atoms with E-state index in [9.17, 15) is 4.39 Å². The van der Waals surface area contributed by atoms with Crippen LogP contribution in [0.4, 0.5) is 4.39 Å². The van der Waals surface area contributed by atoms with Gasteiger partial charge in [-0.3, -0.25) is 0 Å². The summed E-state index contributed by atoms with van der Waals surface area (Å²) in [5, 5.41) is 0. The van der Waals surface area contributed by atoms with Crippen LogP contribution >= 0.6 is 0 Å². The number of ether oxygens (including phenoxy) is 2. The Labute approximate surface area is 102 Å². The van der Waals surface area contributed by atoms with Crippen LogP contribution in [0.15, 0.2) is 12.8 Å². The van der Waals surface area contributed by atoms with Gasteiger partial charge in [-0.15, -0.1) is 0 Å². The minimum atomic E-state index is -0.670. The molecule has 0 aromatic rings. The Kier molecular flexibility index (Phi) is 2.69. The minimum Gasteiger partial charge on any atom is -0.476 e. The Balaban J connectivity index is 1.77. The van der Waals surface area contributed by atoms with Gasteiger partial charge in [-0.25, -0.2) is 4.39 Å². The molecule has 4 aliphatic rings. The van der Waals surface area contributed by atoms with E-state index in [1.165, 1.54) is 12.7 Å². The van der Waals surface area contributed by atoms with Gasteiger partial charge in [-0.2, -0.15) is 0 Å². The molecule has 0 aromatic heterocycles. The molecular weight excluding hydrogens is 219 g/mol. The lowest BCUT2D eigenvalue weighted by Gasteiger charge is -2.60. The molecule has 0 spiro atoms. The lowest BCUT2D eigenvalue weighted by Crippen LogP contribution is -2.62. The molecular formula is C14H21FO2. The van der Waals surface area contributed by atoms with Crippen molar-refractivity contribution in [3.05, 3.63) is 12.8 Å². The summed E-state index contributed by atoms with van der Waals surface area (Å²) in [7, 11) is 0. The molecule has 6 atom stereocenters. The van der Waals surface area contributed by atoms with Crippen LogP contribution in [0.2, 0.25) is 0 Å². The van der Waals surface area contributed by atoms with Gasteiger partial charge in [0.2, 0.25) is 0 Å². The first kappa shape index (κ1) is 11.5. The third kappa shape index (κ3) is 1.62. The lowest BCUT2D eigenvalue weighted by atomic mass is 9.49. The van der Waals surface area contributed by atoms with Crippen LogP contribution in [0.3, 0.4) is 0 Å². The fourth-order valence-corrected chi connectivity index (χ4v) is 4.51. The molecule has 0 saturated heterocycles. The standard InChI is InChI=1S/C14H21FO2/c1-3-16-8-17-14(2)11-5-9-4-10(7-11)13(15)12(14)6-9/h3,9-13H,1,4-8H2,2H3. The summed E-state index contributed by atoms with van der Waals surface area (Å²) in [4.78, 5) is 0. The molecule has 17 heavy (non-hydrogen) atoms. The van der Waals surface area contributed by atoms with Gasteiger partial charge in [0.05, 0.1) is 11.9 Å². The molecule has 4 saturated carbocycles. The van der Waals surface area contributed by atoms with Gasteiger partial charge in [0.25, 0.3) is 0 Å². The van der Waals surface area contributed by atoms with Gasteiger partial charge in [0, 0.05) is 5.92 Å². The van der Waals surface area contributed by atoms with E-state index in [2.05, 4.69) is 13.5 Å². The highest BCUT2D eigenvalue weighted by molar-refractivity contribution is 5.09. The second-order valence-corrected chi connectivity index (χ2v) is 6.10. The van der Waals surface area contributed by atoms with Gasteiger partial charge in [-0.05, 0) is 50.4 Å². The zero-order chi connectivity index (χ0) is 12.0. The van der Waals surface area contributed by atoms with Crippen LogP contribution in [-0.2, 0) is 9.47 Å². The van der Waals surface area contributed by atoms with Crippen LogP contribution in [-0.4, -0.2) is 18.6 Å². The number of hydrogen-bond donors (Lipinski definition) is 0. The van der Waals surface area contributed by atoms with Gasteiger partial charge in [-0.1, -0.05) is 6.58 Å². The molecule has 0 aromatic carbocycles. The first-order valence-corrected chi connectivity index (χ1v) is 6.65. The molecule has 6 unspecified atom stereocenters. The Morgan fingerprint density at radius 2 is 2.18 bits per heavy atom. The summed E-state index contributed by atoms with van der Waals surface area (Å²) in [5.41, 5.74) is -0.324.